The molecular formula is C31H34N2O8S. The highest BCUT2D eigenvalue weighted by molar-refractivity contribution is 7.99. The predicted molar refractivity (Wildman–Crippen MR) is 154 cm³/mol. The first-order valence-corrected chi connectivity index (χ1v) is 14.5. The van der Waals surface area contributed by atoms with Crippen molar-refractivity contribution in [1.29, 1.82) is 0 Å². The lowest BCUT2D eigenvalue weighted by atomic mass is 9.91. The molecule has 0 saturated carbocycles. The van der Waals surface area contributed by atoms with Crippen LogP contribution in [-0.2, 0) is 37.0 Å². The van der Waals surface area contributed by atoms with Gasteiger partial charge in [0.15, 0.2) is 12.4 Å². The van der Waals surface area contributed by atoms with Crippen LogP contribution in [0, 0.1) is 5.92 Å². The third-order valence-corrected chi connectivity index (χ3v) is 8.03. The number of hydrogen-bond acceptors (Lipinski definition) is 9. The maximum absolute atomic E-state index is 12.2. The van der Waals surface area contributed by atoms with E-state index in [0.29, 0.717) is 10.8 Å². The van der Waals surface area contributed by atoms with E-state index in [-0.39, 0.29) is 36.8 Å². The Balaban J connectivity index is 1.51. The number of nitrogens with one attached hydrogen (secondary N) is 1. The molecule has 0 bridgehead atoms. The Kier molecular flexibility index (Phi) is 10.7. The molecule has 3 aromatic rings. The van der Waals surface area contributed by atoms with Gasteiger partial charge in [-0.05, 0) is 35.7 Å². The number of hydrogen-bond donors (Lipinski definition) is 3. The van der Waals surface area contributed by atoms with Gasteiger partial charge in [0, 0.05) is 36.9 Å². The van der Waals surface area contributed by atoms with Crippen LogP contribution in [0.2, 0.25) is 0 Å². The number of aromatic nitrogens is 1. The number of esters is 1. The molecule has 1 unspecified atom stereocenters. The number of carbonyl (C=O) groups excluding carboxylic acids is 2. The fourth-order valence-corrected chi connectivity index (χ4v) is 5.72. The smallest absolute Gasteiger partial charge is 0.338 e. The topological polar surface area (TPSA) is 144 Å². The van der Waals surface area contributed by atoms with E-state index < -0.39 is 30.2 Å². The summed E-state index contributed by atoms with van der Waals surface area (Å²) in [6.07, 6.45) is -0.653. The lowest BCUT2D eigenvalue weighted by Crippen LogP contribution is -2.38. The van der Waals surface area contributed by atoms with Gasteiger partial charge < -0.3 is 29.7 Å². The molecule has 42 heavy (non-hydrogen) atoms. The molecule has 10 nitrogen and oxygen atoms in total. The van der Waals surface area contributed by atoms with E-state index in [1.807, 2.05) is 55.5 Å². The number of aliphatic hydroxyl groups is 1. The second-order valence-electron chi connectivity index (χ2n) is 10.0. The number of aliphatic hydroxyl groups excluding tert-OH is 1. The second-order valence-corrected chi connectivity index (χ2v) is 11.0. The van der Waals surface area contributed by atoms with Crippen molar-refractivity contribution in [3.63, 3.8) is 0 Å². The van der Waals surface area contributed by atoms with Gasteiger partial charge in [0.1, 0.15) is 5.03 Å². The molecule has 2 heterocycles. The van der Waals surface area contributed by atoms with Crippen LogP contribution in [0.1, 0.15) is 65.8 Å². The first-order chi connectivity index (χ1) is 20.2. The summed E-state index contributed by atoms with van der Waals surface area (Å²) >= 11 is 1.33. The van der Waals surface area contributed by atoms with E-state index in [0.717, 1.165) is 22.3 Å². The van der Waals surface area contributed by atoms with Crippen molar-refractivity contribution in [1.82, 2.24) is 10.3 Å². The number of pyridine rings is 1. The van der Waals surface area contributed by atoms with Crippen molar-refractivity contribution in [3.8, 4) is 0 Å². The number of amides is 1. The van der Waals surface area contributed by atoms with Crippen molar-refractivity contribution >= 4 is 29.6 Å². The number of carboxylic acid groups (broad SMARTS) is 1. The minimum atomic E-state index is -1.04. The Labute approximate surface area is 248 Å². The number of nitrogens with zero attached hydrogens (tertiary/aromatic N) is 1. The van der Waals surface area contributed by atoms with Crippen molar-refractivity contribution < 1.29 is 38.8 Å². The van der Waals surface area contributed by atoms with Gasteiger partial charge in [-0.3, -0.25) is 9.59 Å². The minimum absolute atomic E-state index is 0.0577. The summed E-state index contributed by atoms with van der Waals surface area (Å²) in [5, 5.41) is 22.2. The predicted octanol–water partition coefficient (Wildman–Crippen LogP) is 4.42. The van der Waals surface area contributed by atoms with E-state index in [1.54, 1.807) is 12.3 Å². The summed E-state index contributed by atoms with van der Waals surface area (Å²) in [7, 11) is 0. The molecule has 3 N–H and O–H groups in total. The van der Waals surface area contributed by atoms with Crippen LogP contribution in [-0.4, -0.2) is 51.0 Å². The molecule has 0 aliphatic carbocycles. The second kappa shape index (κ2) is 14.4. The number of carboxylic acids is 1. The molecule has 1 amide bonds. The van der Waals surface area contributed by atoms with Gasteiger partial charge in [-0.15, -0.1) is 11.8 Å². The number of benzene rings is 2. The Hall–Kier alpha value is -3.77. The van der Waals surface area contributed by atoms with Crippen LogP contribution in [0.3, 0.4) is 0 Å². The fourth-order valence-electron chi connectivity index (χ4n) is 4.57. The number of aromatic carboxylic acids is 1. The summed E-state index contributed by atoms with van der Waals surface area (Å²) < 4.78 is 17.8. The van der Waals surface area contributed by atoms with Crippen molar-refractivity contribution in [2.75, 3.05) is 5.75 Å². The third-order valence-electron chi connectivity index (χ3n) is 6.94. The summed E-state index contributed by atoms with van der Waals surface area (Å²) in [4.78, 5) is 39.2. The summed E-state index contributed by atoms with van der Waals surface area (Å²) in [5.74, 6) is -1.58. The monoisotopic (exact) mass is 594 g/mol. The lowest BCUT2D eigenvalue weighted by molar-refractivity contribution is -0.268. The van der Waals surface area contributed by atoms with Crippen LogP contribution in [0.4, 0.5) is 0 Å². The SMILES string of the molecule is CC(=O)O[C@@H](C)C(=O)NCc1ccc(C2O[C@H](CSc3ncccc3C(=O)O)[C@H](C)[C@H](c3ccc(CO)cc3)O2)cc1. The van der Waals surface area contributed by atoms with Gasteiger partial charge in [-0.25, -0.2) is 9.78 Å². The molecule has 0 radical (unpaired) electrons. The largest absolute Gasteiger partial charge is 0.478 e. The normalized spacial score (nSPS) is 20.9. The molecule has 2 aromatic carbocycles. The van der Waals surface area contributed by atoms with E-state index in [2.05, 4.69) is 10.3 Å². The minimum Gasteiger partial charge on any atom is -0.478 e. The molecule has 1 fully saturated rings. The number of ether oxygens (including phenoxy) is 3. The van der Waals surface area contributed by atoms with Crippen molar-refractivity contribution in [3.05, 3.63) is 94.7 Å². The molecule has 1 aromatic heterocycles. The van der Waals surface area contributed by atoms with Crippen LogP contribution in [0.25, 0.3) is 0 Å². The quantitative estimate of drug-likeness (QED) is 0.215. The summed E-state index contributed by atoms with van der Waals surface area (Å²) in [5.41, 5.74) is 3.49. The molecule has 222 valence electrons. The average molecular weight is 595 g/mol. The van der Waals surface area contributed by atoms with Gasteiger partial charge in [0.2, 0.25) is 0 Å². The van der Waals surface area contributed by atoms with Crippen molar-refractivity contribution in [2.45, 2.75) is 63.6 Å². The zero-order valence-electron chi connectivity index (χ0n) is 23.6. The highest BCUT2D eigenvalue weighted by Crippen LogP contribution is 2.43. The average Bonchev–Trinajstić information content (AvgIpc) is 2.99. The third kappa shape index (κ3) is 7.95. The van der Waals surface area contributed by atoms with Crippen LogP contribution >= 0.6 is 11.8 Å². The molecule has 0 spiro atoms. The van der Waals surface area contributed by atoms with Crippen LogP contribution in [0.15, 0.2) is 71.9 Å². The van der Waals surface area contributed by atoms with Crippen LogP contribution < -0.4 is 5.32 Å². The maximum atomic E-state index is 12.2. The van der Waals surface area contributed by atoms with Gasteiger partial charge in [-0.2, -0.15) is 0 Å². The highest BCUT2D eigenvalue weighted by Gasteiger charge is 2.38. The summed E-state index contributed by atoms with van der Waals surface area (Å²) in [6.45, 7) is 4.99. The number of carbonyl (C=O) groups is 3. The first kappa shape index (κ1) is 31.2. The van der Waals surface area contributed by atoms with E-state index in [1.165, 1.54) is 31.7 Å². The zero-order valence-corrected chi connectivity index (χ0v) is 24.4. The van der Waals surface area contributed by atoms with E-state index in [4.69, 9.17) is 14.2 Å². The molecule has 1 aliphatic rings. The molecular weight excluding hydrogens is 560 g/mol. The van der Waals surface area contributed by atoms with Gasteiger partial charge in [-0.1, -0.05) is 55.5 Å². The maximum Gasteiger partial charge on any atom is 0.338 e. The Bertz CT molecular complexity index is 1380. The number of thioether (sulfide) groups is 1. The number of rotatable bonds is 11. The van der Waals surface area contributed by atoms with Crippen LogP contribution in [0.5, 0.6) is 0 Å². The summed E-state index contributed by atoms with van der Waals surface area (Å²) in [6, 6.07) is 18.2. The van der Waals surface area contributed by atoms with Crippen molar-refractivity contribution in [2.24, 2.45) is 5.92 Å². The first-order valence-electron chi connectivity index (χ1n) is 13.5. The van der Waals surface area contributed by atoms with Gasteiger partial charge in [0.05, 0.1) is 24.4 Å². The van der Waals surface area contributed by atoms with E-state index in [9.17, 15) is 24.6 Å². The van der Waals surface area contributed by atoms with Gasteiger partial charge in [0.25, 0.3) is 5.91 Å². The fraction of sp³-hybridized carbons (Fsp3) is 0.355. The molecule has 1 aliphatic heterocycles. The zero-order chi connectivity index (χ0) is 30.2. The molecule has 1 saturated heterocycles. The molecule has 4 rings (SSSR count). The standard InChI is InChI=1S/C31H34N2O8S/c1-18-26(17-42-29-25(30(37)38)5-4-14-32-29)40-31(41-27(18)23-10-8-22(16-34)9-11-23)24-12-6-21(7-13-24)15-33-28(36)19(2)39-20(3)35/h4-14,18-19,26-27,31,34H,15-17H2,1-3H3,(H,33,36)(H,37,38)/t18-,19-,26+,27+,31?/m0/s1. The molecule has 11 heteroatoms. The Morgan fingerprint density at radius 1 is 1.02 bits per heavy atom. The highest BCUT2D eigenvalue weighted by atomic mass is 32.2. The Morgan fingerprint density at radius 2 is 1.69 bits per heavy atom. The molecule has 5 atom stereocenters. The lowest BCUT2D eigenvalue weighted by Gasteiger charge is -2.41. The van der Waals surface area contributed by atoms with Gasteiger partial charge >= 0.3 is 11.9 Å². The Morgan fingerprint density at radius 3 is 2.33 bits per heavy atom. The van der Waals surface area contributed by atoms with E-state index >= 15 is 0 Å².